The summed E-state index contributed by atoms with van der Waals surface area (Å²) in [6.07, 6.45) is 12.0. The van der Waals surface area contributed by atoms with Gasteiger partial charge in [-0.2, -0.15) is 0 Å². The minimum atomic E-state index is -0.892. The van der Waals surface area contributed by atoms with Gasteiger partial charge in [-0.15, -0.1) is 11.8 Å². The number of carboxylic acid groups (broad SMARTS) is 1. The molecule has 4 heteroatoms. The summed E-state index contributed by atoms with van der Waals surface area (Å²) < 4.78 is 0. The second-order valence-electron chi connectivity index (χ2n) is 4.98. The summed E-state index contributed by atoms with van der Waals surface area (Å²) >= 11 is 1.56. The molecule has 0 unspecified atom stereocenters. The molecule has 0 radical (unpaired) electrons. The number of rotatable bonds is 11. The van der Waals surface area contributed by atoms with Crippen molar-refractivity contribution < 1.29 is 9.90 Å². The highest BCUT2D eigenvalue weighted by molar-refractivity contribution is 7.99. The molecule has 1 N–H and O–H groups in total. The Morgan fingerprint density at radius 1 is 1.15 bits per heavy atom. The third-order valence-electron chi connectivity index (χ3n) is 3.24. The van der Waals surface area contributed by atoms with Gasteiger partial charge in [0.15, 0.2) is 0 Å². The summed E-state index contributed by atoms with van der Waals surface area (Å²) in [5.41, 5.74) is 0.317. The molecule has 1 rings (SSSR count). The Morgan fingerprint density at radius 2 is 1.80 bits per heavy atom. The van der Waals surface area contributed by atoms with E-state index < -0.39 is 5.97 Å². The molecule has 0 spiro atoms. The smallest absolute Gasteiger partial charge is 0.338 e. The first-order chi connectivity index (χ1) is 9.75. The standard InChI is InChI=1S/C16H25NO2S/c1-2-3-4-5-6-7-8-9-13-20-15-14(16(18)19)11-10-12-17-15/h10-12H,2-9,13H2,1H3,(H,18,19). The van der Waals surface area contributed by atoms with Gasteiger partial charge in [0.1, 0.15) is 5.03 Å². The van der Waals surface area contributed by atoms with Gasteiger partial charge in [-0.3, -0.25) is 0 Å². The molecule has 0 saturated carbocycles. The van der Waals surface area contributed by atoms with Crippen LogP contribution in [-0.4, -0.2) is 21.8 Å². The van der Waals surface area contributed by atoms with Crippen LogP contribution in [0.15, 0.2) is 23.4 Å². The Kier molecular flexibility index (Phi) is 9.13. The van der Waals surface area contributed by atoms with Crippen LogP contribution in [0, 0.1) is 0 Å². The van der Waals surface area contributed by atoms with Crippen molar-refractivity contribution in [3.63, 3.8) is 0 Å². The second kappa shape index (κ2) is 10.7. The van der Waals surface area contributed by atoms with E-state index in [0.29, 0.717) is 10.6 Å². The topological polar surface area (TPSA) is 50.2 Å². The van der Waals surface area contributed by atoms with Crippen LogP contribution in [0.1, 0.15) is 68.6 Å². The molecule has 1 heterocycles. The van der Waals surface area contributed by atoms with E-state index in [0.717, 1.165) is 12.2 Å². The van der Waals surface area contributed by atoms with Crippen molar-refractivity contribution in [2.45, 2.75) is 63.3 Å². The van der Waals surface area contributed by atoms with E-state index in [9.17, 15) is 4.79 Å². The maximum absolute atomic E-state index is 11.0. The Bertz CT molecular complexity index is 396. The van der Waals surface area contributed by atoms with Crippen LogP contribution in [0.2, 0.25) is 0 Å². The number of aromatic nitrogens is 1. The summed E-state index contributed by atoms with van der Waals surface area (Å²) in [6.45, 7) is 2.24. The van der Waals surface area contributed by atoms with Gasteiger partial charge >= 0.3 is 5.97 Å². The molecule has 0 atom stereocenters. The maximum Gasteiger partial charge on any atom is 0.338 e. The molecule has 0 aliphatic rings. The molecule has 0 fully saturated rings. The molecule has 0 saturated heterocycles. The van der Waals surface area contributed by atoms with Crippen molar-refractivity contribution in [3.05, 3.63) is 23.9 Å². The number of nitrogens with zero attached hydrogens (tertiary/aromatic N) is 1. The van der Waals surface area contributed by atoms with Crippen LogP contribution in [0.4, 0.5) is 0 Å². The van der Waals surface area contributed by atoms with Crippen molar-refractivity contribution >= 4 is 17.7 Å². The fourth-order valence-corrected chi connectivity index (χ4v) is 3.06. The van der Waals surface area contributed by atoms with Crippen molar-refractivity contribution in [1.29, 1.82) is 0 Å². The van der Waals surface area contributed by atoms with Crippen LogP contribution < -0.4 is 0 Å². The third-order valence-corrected chi connectivity index (χ3v) is 4.33. The van der Waals surface area contributed by atoms with Crippen molar-refractivity contribution in [2.75, 3.05) is 5.75 Å². The molecule has 0 aliphatic carbocycles. The fraction of sp³-hybridized carbons (Fsp3) is 0.625. The molecule has 20 heavy (non-hydrogen) atoms. The van der Waals surface area contributed by atoms with Crippen molar-refractivity contribution in [1.82, 2.24) is 4.98 Å². The first-order valence-corrected chi connectivity index (χ1v) is 8.55. The SMILES string of the molecule is CCCCCCCCCCSc1ncccc1C(=O)O. The molecule has 1 aromatic heterocycles. The zero-order valence-corrected chi connectivity index (χ0v) is 13.1. The summed E-state index contributed by atoms with van der Waals surface area (Å²) in [7, 11) is 0. The van der Waals surface area contributed by atoms with Crippen LogP contribution in [-0.2, 0) is 0 Å². The molecule has 112 valence electrons. The highest BCUT2D eigenvalue weighted by atomic mass is 32.2. The van der Waals surface area contributed by atoms with Crippen LogP contribution in [0.25, 0.3) is 0 Å². The first kappa shape index (κ1) is 17.0. The van der Waals surface area contributed by atoms with Crippen LogP contribution in [0.3, 0.4) is 0 Å². The normalized spacial score (nSPS) is 10.7. The number of hydrogen-bond donors (Lipinski definition) is 1. The van der Waals surface area contributed by atoms with Gasteiger partial charge in [0.2, 0.25) is 0 Å². The second-order valence-corrected chi connectivity index (χ2v) is 6.07. The van der Waals surface area contributed by atoms with Crippen LogP contribution >= 0.6 is 11.8 Å². The molecular weight excluding hydrogens is 270 g/mol. The largest absolute Gasteiger partial charge is 0.478 e. The minimum Gasteiger partial charge on any atom is -0.478 e. The summed E-state index contributed by atoms with van der Waals surface area (Å²) in [4.78, 5) is 15.2. The third kappa shape index (κ3) is 6.94. The Hall–Kier alpha value is -1.03. The number of thioether (sulfide) groups is 1. The number of carbonyl (C=O) groups is 1. The van der Waals surface area contributed by atoms with Gasteiger partial charge in [0.25, 0.3) is 0 Å². The predicted octanol–water partition coefficient (Wildman–Crippen LogP) is 5.01. The van der Waals surface area contributed by atoms with E-state index in [4.69, 9.17) is 5.11 Å². The Morgan fingerprint density at radius 3 is 2.45 bits per heavy atom. The van der Waals surface area contributed by atoms with E-state index in [-0.39, 0.29) is 0 Å². The van der Waals surface area contributed by atoms with E-state index in [1.165, 1.54) is 44.9 Å². The number of aromatic carboxylic acids is 1. The highest BCUT2D eigenvalue weighted by Gasteiger charge is 2.10. The molecule has 0 aliphatic heterocycles. The zero-order chi connectivity index (χ0) is 14.6. The number of unbranched alkanes of at least 4 members (excludes halogenated alkanes) is 7. The van der Waals surface area contributed by atoms with E-state index in [1.54, 1.807) is 30.1 Å². The maximum atomic E-state index is 11.0. The van der Waals surface area contributed by atoms with Gasteiger partial charge in [0.05, 0.1) is 5.56 Å². The van der Waals surface area contributed by atoms with Gasteiger partial charge in [-0.1, -0.05) is 51.9 Å². The lowest BCUT2D eigenvalue weighted by Gasteiger charge is -2.04. The Labute approximate surface area is 126 Å². The van der Waals surface area contributed by atoms with Gasteiger partial charge < -0.3 is 5.11 Å². The molecule has 0 bridgehead atoms. The molecule has 0 aromatic carbocycles. The quantitative estimate of drug-likeness (QED) is 0.460. The van der Waals surface area contributed by atoms with Crippen molar-refractivity contribution in [2.24, 2.45) is 0 Å². The predicted molar refractivity (Wildman–Crippen MR) is 84.5 cm³/mol. The van der Waals surface area contributed by atoms with E-state index in [1.807, 2.05) is 0 Å². The summed E-state index contributed by atoms with van der Waals surface area (Å²) in [5, 5.41) is 9.70. The van der Waals surface area contributed by atoms with Gasteiger partial charge in [0, 0.05) is 6.20 Å². The van der Waals surface area contributed by atoms with Gasteiger partial charge in [-0.05, 0) is 24.3 Å². The van der Waals surface area contributed by atoms with Crippen LogP contribution in [0.5, 0.6) is 0 Å². The van der Waals surface area contributed by atoms with E-state index >= 15 is 0 Å². The number of pyridine rings is 1. The molecule has 0 amide bonds. The average molecular weight is 295 g/mol. The monoisotopic (exact) mass is 295 g/mol. The summed E-state index contributed by atoms with van der Waals surface area (Å²) in [6, 6.07) is 3.29. The lowest BCUT2D eigenvalue weighted by molar-refractivity contribution is 0.0692. The zero-order valence-electron chi connectivity index (χ0n) is 12.3. The molecular formula is C16H25NO2S. The molecule has 3 nitrogen and oxygen atoms in total. The van der Waals surface area contributed by atoms with E-state index in [2.05, 4.69) is 11.9 Å². The highest BCUT2D eigenvalue weighted by Crippen LogP contribution is 2.21. The summed E-state index contributed by atoms with van der Waals surface area (Å²) in [5.74, 6) is 0.0585. The first-order valence-electron chi connectivity index (χ1n) is 7.56. The van der Waals surface area contributed by atoms with Crippen molar-refractivity contribution in [3.8, 4) is 0 Å². The average Bonchev–Trinajstić information content (AvgIpc) is 2.46. The lowest BCUT2D eigenvalue weighted by Crippen LogP contribution is -2.00. The lowest BCUT2D eigenvalue weighted by atomic mass is 10.1. The number of hydrogen-bond acceptors (Lipinski definition) is 3. The molecule has 1 aromatic rings. The number of carboxylic acids is 1. The fourth-order valence-electron chi connectivity index (χ4n) is 2.07. The minimum absolute atomic E-state index is 0.317. The Balaban J connectivity index is 2.11. The van der Waals surface area contributed by atoms with Gasteiger partial charge in [-0.25, -0.2) is 9.78 Å².